The minimum Gasteiger partial charge on any atom is -0.369 e. The molecule has 21 heavy (non-hydrogen) atoms. The molecular weight excluding hydrogens is 285 g/mol. The van der Waals surface area contributed by atoms with Gasteiger partial charge in [-0.3, -0.25) is 4.79 Å². The molecule has 0 amide bonds. The van der Waals surface area contributed by atoms with Gasteiger partial charge in [0.2, 0.25) is 0 Å². The summed E-state index contributed by atoms with van der Waals surface area (Å²) in [5.41, 5.74) is -2.00. The van der Waals surface area contributed by atoms with Gasteiger partial charge in [0.15, 0.2) is 0 Å². The Labute approximate surface area is 118 Å². The zero-order chi connectivity index (χ0) is 15.8. The monoisotopic (exact) mass is 300 g/mol. The molecule has 1 N–H and O–H groups in total. The van der Waals surface area contributed by atoms with Crippen LogP contribution in [0.2, 0.25) is 0 Å². The van der Waals surface area contributed by atoms with Crippen LogP contribution >= 0.6 is 0 Å². The summed E-state index contributed by atoms with van der Waals surface area (Å²) >= 11 is 0. The van der Waals surface area contributed by atoms with E-state index in [0.29, 0.717) is 6.61 Å². The molecule has 0 aliphatic rings. The van der Waals surface area contributed by atoms with Crippen LogP contribution in [0.5, 0.6) is 0 Å². The number of alkyl halides is 3. The van der Waals surface area contributed by atoms with Gasteiger partial charge in [0.25, 0.3) is 5.56 Å². The molecule has 0 bridgehead atoms. The van der Waals surface area contributed by atoms with Gasteiger partial charge < -0.3 is 4.74 Å². The van der Waals surface area contributed by atoms with Crippen LogP contribution in [0.25, 0.3) is 10.8 Å². The first kappa shape index (κ1) is 15.5. The van der Waals surface area contributed by atoms with E-state index in [0.717, 1.165) is 18.2 Å². The number of nitrogens with one attached hydrogen (secondary N) is 1. The Morgan fingerprint density at radius 3 is 2.48 bits per heavy atom. The van der Waals surface area contributed by atoms with Crippen molar-refractivity contribution in [2.45, 2.75) is 32.5 Å². The molecule has 0 spiro atoms. The summed E-state index contributed by atoms with van der Waals surface area (Å²) in [6.07, 6.45) is -4.48. The van der Waals surface area contributed by atoms with Crippen molar-refractivity contribution in [2.24, 2.45) is 0 Å². The van der Waals surface area contributed by atoms with Gasteiger partial charge in [-0.05, 0) is 39.0 Å². The van der Waals surface area contributed by atoms with E-state index in [4.69, 9.17) is 4.74 Å². The number of nitrogens with zero attached hydrogens (tertiary/aromatic N) is 1. The Balaban J connectivity index is 2.77. The lowest BCUT2D eigenvalue weighted by molar-refractivity contribution is -0.137. The highest BCUT2D eigenvalue weighted by molar-refractivity contribution is 5.85. The Kier molecular flexibility index (Phi) is 3.79. The second-order valence-electron chi connectivity index (χ2n) is 5.10. The quantitative estimate of drug-likeness (QED) is 0.947. The lowest BCUT2D eigenvalue weighted by atomic mass is 9.97. The maximum Gasteiger partial charge on any atom is 0.416 e. The Bertz CT molecular complexity index is 720. The maximum absolute atomic E-state index is 12.9. The highest BCUT2D eigenvalue weighted by Gasteiger charge is 2.32. The minimum atomic E-state index is -4.48. The summed E-state index contributed by atoms with van der Waals surface area (Å²) in [7, 11) is 0. The van der Waals surface area contributed by atoms with Gasteiger partial charge in [-0.25, -0.2) is 5.10 Å². The molecule has 0 saturated carbocycles. The molecule has 0 unspecified atom stereocenters. The number of halogens is 3. The first-order valence-electron chi connectivity index (χ1n) is 6.41. The van der Waals surface area contributed by atoms with Gasteiger partial charge in [0.1, 0.15) is 11.3 Å². The van der Waals surface area contributed by atoms with E-state index >= 15 is 0 Å². The SMILES string of the molecule is CCOC(C)(C)c1n[nH]c(=O)c2ccc(C(F)(F)F)cc12. The smallest absolute Gasteiger partial charge is 0.369 e. The van der Waals surface area contributed by atoms with E-state index in [1.165, 1.54) is 0 Å². The highest BCUT2D eigenvalue weighted by atomic mass is 19.4. The maximum atomic E-state index is 12.9. The van der Waals surface area contributed by atoms with Crippen molar-refractivity contribution < 1.29 is 17.9 Å². The van der Waals surface area contributed by atoms with Gasteiger partial charge in [0, 0.05) is 12.0 Å². The number of rotatable bonds is 3. The van der Waals surface area contributed by atoms with Gasteiger partial charge in [-0.15, -0.1) is 0 Å². The molecule has 0 atom stereocenters. The fourth-order valence-electron chi connectivity index (χ4n) is 2.23. The van der Waals surface area contributed by atoms with Crippen LogP contribution < -0.4 is 5.56 Å². The standard InChI is InChI=1S/C14H15F3N2O2/c1-4-21-13(2,3)11-10-7-8(14(15,16)17)5-6-9(10)12(20)19-18-11/h5-7H,4H2,1-3H3,(H,19,20). The molecule has 0 saturated heterocycles. The fraction of sp³-hybridized carbons (Fsp3) is 0.429. The van der Waals surface area contributed by atoms with Crippen LogP contribution in [-0.4, -0.2) is 16.8 Å². The summed E-state index contributed by atoms with van der Waals surface area (Å²) in [5, 5.41) is 6.49. The van der Waals surface area contributed by atoms with Crippen LogP contribution in [0.3, 0.4) is 0 Å². The summed E-state index contributed by atoms with van der Waals surface area (Å²) < 4.78 is 44.1. The van der Waals surface area contributed by atoms with Gasteiger partial charge in [0.05, 0.1) is 10.9 Å². The number of hydrogen-bond acceptors (Lipinski definition) is 3. The van der Waals surface area contributed by atoms with Crippen LogP contribution in [0.1, 0.15) is 32.0 Å². The van der Waals surface area contributed by atoms with E-state index in [2.05, 4.69) is 10.2 Å². The van der Waals surface area contributed by atoms with Crippen LogP contribution in [0, 0.1) is 0 Å². The molecule has 2 rings (SSSR count). The second kappa shape index (κ2) is 5.14. The number of fused-ring (bicyclic) bond motifs is 1. The number of benzene rings is 1. The molecule has 114 valence electrons. The Morgan fingerprint density at radius 2 is 1.90 bits per heavy atom. The zero-order valence-corrected chi connectivity index (χ0v) is 11.8. The molecular formula is C14H15F3N2O2. The molecule has 1 heterocycles. The first-order valence-corrected chi connectivity index (χ1v) is 6.41. The van der Waals surface area contributed by atoms with Crippen molar-refractivity contribution in [3.63, 3.8) is 0 Å². The average molecular weight is 300 g/mol. The number of aromatic nitrogens is 2. The second-order valence-corrected chi connectivity index (χ2v) is 5.10. The number of aromatic amines is 1. The van der Waals surface area contributed by atoms with Crippen LogP contribution in [0.4, 0.5) is 13.2 Å². The predicted molar refractivity (Wildman–Crippen MR) is 72.0 cm³/mol. The number of H-pyrrole nitrogens is 1. The molecule has 1 aromatic carbocycles. The minimum absolute atomic E-state index is 0.145. The predicted octanol–water partition coefficient (Wildman–Crippen LogP) is 3.21. The summed E-state index contributed by atoms with van der Waals surface area (Å²) in [5.74, 6) is 0. The van der Waals surface area contributed by atoms with Gasteiger partial charge >= 0.3 is 6.18 Å². The normalized spacial score (nSPS) is 12.9. The van der Waals surface area contributed by atoms with Crippen LogP contribution in [-0.2, 0) is 16.5 Å². The largest absolute Gasteiger partial charge is 0.416 e. The van der Waals surface area contributed by atoms with E-state index in [9.17, 15) is 18.0 Å². The summed E-state index contributed by atoms with van der Waals surface area (Å²) in [6, 6.07) is 2.98. The van der Waals surface area contributed by atoms with E-state index < -0.39 is 22.9 Å². The molecule has 0 aliphatic carbocycles. The van der Waals surface area contributed by atoms with Crippen molar-refractivity contribution in [3.05, 3.63) is 39.8 Å². The molecule has 0 fully saturated rings. The average Bonchev–Trinajstić information content (AvgIpc) is 2.37. The third kappa shape index (κ3) is 2.92. The number of ether oxygens (including phenoxy) is 1. The lowest BCUT2D eigenvalue weighted by Crippen LogP contribution is -2.26. The third-order valence-corrected chi connectivity index (χ3v) is 3.19. The molecule has 2 aromatic rings. The topological polar surface area (TPSA) is 55.0 Å². The van der Waals surface area contributed by atoms with E-state index in [1.54, 1.807) is 20.8 Å². The molecule has 4 nitrogen and oxygen atoms in total. The van der Waals surface area contributed by atoms with Crippen LogP contribution in [0.15, 0.2) is 23.0 Å². The summed E-state index contributed by atoms with van der Waals surface area (Å²) in [4.78, 5) is 11.7. The third-order valence-electron chi connectivity index (χ3n) is 3.19. The fourth-order valence-corrected chi connectivity index (χ4v) is 2.23. The van der Waals surface area contributed by atoms with Crippen molar-refractivity contribution in [1.82, 2.24) is 10.2 Å². The molecule has 0 radical (unpaired) electrons. The lowest BCUT2D eigenvalue weighted by Gasteiger charge is -2.25. The Hall–Kier alpha value is -1.89. The molecule has 0 aliphatic heterocycles. The first-order chi connectivity index (χ1) is 9.66. The number of hydrogen-bond donors (Lipinski definition) is 1. The van der Waals surface area contributed by atoms with E-state index in [-0.39, 0.29) is 16.5 Å². The van der Waals surface area contributed by atoms with Crippen molar-refractivity contribution in [3.8, 4) is 0 Å². The van der Waals surface area contributed by atoms with Gasteiger partial charge in [-0.1, -0.05) is 0 Å². The molecule has 7 heteroatoms. The van der Waals surface area contributed by atoms with Crippen molar-refractivity contribution in [1.29, 1.82) is 0 Å². The van der Waals surface area contributed by atoms with Crippen molar-refractivity contribution in [2.75, 3.05) is 6.61 Å². The zero-order valence-electron chi connectivity index (χ0n) is 11.8. The van der Waals surface area contributed by atoms with Gasteiger partial charge in [-0.2, -0.15) is 18.3 Å². The highest BCUT2D eigenvalue weighted by Crippen LogP contribution is 2.34. The Morgan fingerprint density at radius 1 is 1.24 bits per heavy atom. The van der Waals surface area contributed by atoms with E-state index in [1.807, 2.05) is 0 Å². The molecule has 1 aromatic heterocycles. The van der Waals surface area contributed by atoms with Crippen molar-refractivity contribution >= 4 is 10.8 Å². The summed E-state index contributed by atoms with van der Waals surface area (Å²) in [6.45, 7) is 5.53.